The third-order valence-corrected chi connectivity index (χ3v) is 9.60. The van der Waals surface area contributed by atoms with Gasteiger partial charge in [0.05, 0.1) is 12.0 Å². The van der Waals surface area contributed by atoms with E-state index in [0.717, 1.165) is 60.3 Å². The first-order valence-corrected chi connectivity index (χ1v) is 16.0. The van der Waals surface area contributed by atoms with Crippen LogP contribution in [0.5, 0.6) is 5.88 Å². The van der Waals surface area contributed by atoms with E-state index in [2.05, 4.69) is 39.1 Å². The van der Waals surface area contributed by atoms with E-state index in [-0.39, 0.29) is 17.0 Å². The zero-order chi connectivity index (χ0) is 30.8. The number of aryl methyl sites for hydroxylation is 1. The van der Waals surface area contributed by atoms with Crippen molar-refractivity contribution in [2.45, 2.75) is 44.2 Å². The summed E-state index contributed by atoms with van der Waals surface area (Å²) in [4.78, 5) is 22.9. The normalized spacial score (nSPS) is 15.8. The second-order valence-corrected chi connectivity index (χ2v) is 13.0. The monoisotopic (exact) mass is 610 g/mol. The van der Waals surface area contributed by atoms with Crippen LogP contribution in [0.15, 0.2) is 90.2 Å². The average molecular weight is 611 g/mol. The summed E-state index contributed by atoms with van der Waals surface area (Å²) in [5.41, 5.74) is 5.75. The minimum atomic E-state index is -3.91. The summed E-state index contributed by atoms with van der Waals surface area (Å²) < 4.78 is 39.5. The first-order valence-electron chi connectivity index (χ1n) is 14.5. The SMILES string of the molecule is COc1ccc(-c2cn(S(=O)(=O)c3ccc(C)cc3)c3ncc(-c4ccc(CN5CCCC(OC(C)=O)C5)cc4)cc23)cn1. The summed E-state index contributed by atoms with van der Waals surface area (Å²) in [6.07, 6.45) is 6.83. The number of methoxy groups -OCH3 is 1. The number of benzene rings is 2. The van der Waals surface area contributed by atoms with Crippen LogP contribution in [0.1, 0.15) is 30.9 Å². The molecule has 0 aliphatic carbocycles. The Bertz CT molecular complexity index is 1900. The molecule has 1 aliphatic rings. The maximum Gasteiger partial charge on any atom is 0.302 e. The lowest BCUT2D eigenvalue weighted by molar-refractivity contribution is -0.148. The molecule has 226 valence electrons. The average Bonchev–Trinajstić information content (AvgIpc) is 3.41. The second-order valence-electron chi connectivity index (χ2n) is 11.1. The Labute approximate surface area is 257 Å². The van der Waals surface area contributed by atoms with Gasteiger partial charge in [-0.25, -0.2) is 22.4 Å². The fourth-order valence-electron chi connectivity index (χ4n) is 5.68. The van der Waals surface area contributed by atoms with E-state index < -0.39 is 10.0 Å². The Morgan fingerprint density at radius 3 is 2.36 bits per heavy atom. The topological polar surface area (TPSA) is 104 Å². The number of ether oxygens (including phenoxy) is 2. The van der Waals surface area contributed by atoms with Crippen LogP contribution in [0.4, 0.5) is 0 Å². The van der Waals surface area contributed by atoms with E-state index in [4.69, 9.17) is 9.47 Å². The van der Waals surface area contributed by atoms with Gasteiger partial charge in [-0.15, -0.1) is 0 Å². The van der Waals surface area contributed by atoms with Crippen molar-refractivity contribution < 1.29 is 22.7 Å². The van der Waals surface area contributed by atoms with Gasteiger partial charge in [0, 0.05) is 66.7 Å². The lowest BCUT2D eigenvalue weighted by Gasteiger charge is -2.32. The molecule has 1 unspecified atom stereocenters. The first kappa shape index (κ1) is 29.5. The van der Waals surface area contributed by atoms with Crippen molar-refractivity contribution in [2.75, 3.05) is 20.2 Å². The van der Waals surface area contributed by atoms with Crippen LogP contribution in [0, 0.1) is 6.92 Å². The van der Waals surface area contributed by atoms with Crippen molar-refractivity contribution >= 4 is 27.0 Å². The maximum absolute atomic E-state index is 13.8. The van der Waals surface area contributed by atoms with Crippen LogP contribution in [-0.2, 0) is 26.1 Å². The number of carbonyl (C=O) groups excluding carboxylic acids is 1. The van der Waals surface area contributed by atoms with Gasteiger partial charge in [0.25, 0.3) is 10.0 Å². The molecule has 0 N–H and O–H groups in total. The standard InChI is InChI=1S/C34H34N4O5S/c1-23-6-13-30(14-7-23)44(40,41)38-22-32(27-12-15-33(42-3)35-18-27)31-17-28(19-36-34(31)38)26-10-8-25(9-11-26)20-37-16-4-5-29(21-37)43-24(2)39/h6-15,17-19,22,29H,4-5,16,20-21H2,1-3H3. The number of hydrogen-bond acceptors (Lipinski definition) is 8. The highest BCUT2D eigenvalue weighted by molar-refractivity contribution is 7.90. The summed E-state index contributed by atoms with van der Waals surface area (Å²) >= 11 is 0. The number of carbonyl (C=O) groups is 1. The number of hydrogen-bond donors (Lipinski definition) is 0. The van der Waals surface area contributed by atoms with Gasteiger partial charge >= 0.3 is 5.97 Å². The summed E-state index contributed by atoms with van der Waals surface area (Å²) in [5.74, 6) is 0.233. The molecule has 6 rings (SSSR count). The van der Waals surface area contributed by atoms with Crippen molar-refractivity contribution in [1.82, 2.24) is 18.8 Å². The van der Waals surface area contributed by atoms with Gasteiger partial charge in [0.1, 0.15) is 6.10 Å². The molecule has 0 spiro atoms. The van der Waals surface area contributed by atoms with E-state index in [1.807, 2.05) is 19.1 Å². The van der Waals surface area contributed by atoms with Gasteiger partial charge in [-0.3, -0.25) is 9.69 Å². The Morgan fingerprint density at radius 2 is 1.68 bits per heavy atom. The van der Waals surface area contributed by atoms with Crippen molar-refractivity contribution in [1.29, 1.82) is 0 Å². The number of nitrogens with zero attached hydrogens (tertiary/aromatic N) is 4. The molecule has 1 fully saturated rings. The molecule has 0 amide bonds. The Balaban J connectivity index is 1.34. The molecule has 5 aromatic rings. The molecular weight excluding hydrogens is 576 g/mol. The van der Waals surface area contributed by atoms with Gasteiger partial charge in [-0.1, -0.05) is 42.0 Å². The van der Waals surface area contributed by atoms with Crippen LogP contribution < -0.4 is 4.74 Å². The van der Waals surface area contributed by atoms with Crippen molar-refractivity contribution in [3.05, 3.63) is 96.4 Å². The molecule has 0 bridgehead atoms. The largest absolute Gasteiger partial charge is 0.481 e. The van der Waals surface area contributed by atoms with E-state index in [9.17, 15) is 13.2 Å². The molecule has 9 nitrogen and oxygen atoms in total. The molecule has 0 radical (unpaired) electrons. The van der Waals surface area contributed by atoms with E-state index in [1.54, 1.807) is 56.0 Å². The first-order chi connectivity index (χ1) is 21.2. The maximum atomic E-state index is 13.8. The van der Waals surface area contributed by atoms with Gasteiger partial charge < -0.3 is 9.47 Å². The molecule has 1 atom stereocenters. The lowest BCUT2D eigenvalue weighted by atomic mass is 10.0. The molecule has 1 saturated heterocycles. The predicted molar refractivity (Wildman–Crippen MR) is 169 cm³/mol. The minimum absolute atomic E-state index is 0.0597. The van der Waals surface area contributed by atoms with Crippen LogP contribution in [0.3, 0.4) is 0 Å². The minimum Gasteiger partial charge on any atom is -0.481 e. The van der Waals surface area contributed by atoms with Gasteiger partial charge in [-0.2, -0.15) is 0 Å². The summed E-state index contributed by atoms with van der Waals surface area (Å²) in [7, 11) is -2.36. The Kier molecular flexibility index (Phi) is 8.20. The number of aromatic nitrogens is 3. The smallest absolute Gasteiger partial charge is 0.302 e. The second kappa shape index (κ2) is 12.2. The van der Waals surface area contributed by atoms with Gasteiger partial charge in [0.15, 0.2) is 5.65 Å². The highest BCUT2D eigenvalue weighted by Crippen LogP contribution is 2.35. The zero-order valence-electron chi connectivity index (χ0n) is 24.9. The summed E-state index contributed by atoms with van der Waals surface area (Å²) in [6, 6.07) is 20.7. The van der Waals surface area contributed by atoms with Crippen molar-refractivity contribution in [3.8, 4) is 28.1 Å². The van der Waals surface area contributed by atoms with Crippen LogP contribution in [0.2, 0.25) is 0 Å². The predicted octanol–water partition coefficient (Wildman–Crippen LogP) is 5.85. The number of piperidine rings is 1. The number of likely N-dealkylation sites (tertiary alicyclic amines) is 1. The number of rotatable bonds is 8. The summed E-state index contributed by atoms with van der Waals surface area (Å²) in [5, 5.41) is 0.694. The lowest BCUT2D eigenvalue weighted by Crippen LogP contribution is -2.39. The fraction of sp³-hybridized carbons (Fsp3) is 0.265. The van der Waals surface area contributed by atoms with Gasteiger partial charge in [0.2, 0.25) is 5.88 Å². The molecule has 4 heterocycles. The molecular formula is C34H34N4O5S. The van der Waals surface area contributed by atoms with Crippen LogP contribution in [0.25, 0.3) is 33.3 Å². The third-order valence-electron chi connectivity index (χ3n) is 7.93. The Hall–Kier alpha value is -4.54. The van der Waals surface area contributed by atoms with E-state index in [1.165, 1.54) is 10.9 Å². The van der Waals surface area contributed by atoms with Crippen molar-refractivity contribution in [3.63, 3.8) is 0 Å². The molecule has 44 heavy (non-hydrogen) atoms. The van der Waals surface area contributed by atoms with Crippen molar-refractivity contribution in [2.24, 2.45) is 0 Å². The number of fused-ring (bicyclic) bond motifs is 1. The van der Waals surface area contributed by atoms with Crippen LogP contribution in [-0.4, -0.2) is 59.5 Å². The molecule has 0 saturated carbocycles. The third kappa shape index (κ3) is 6.09. The fourth-order valence-corrected chi connectivity index (χ4v) is 7.01. The Morgan fingerprint density at radius 1 is 0.955 bits per heavy atom. The summed E-state index contributed by atoms with van der Waals surface area (Å²) in [6.45, 7) is 5.84. The molecule has 3 aromatic heterocycles. The number of esters is 1. The van der Waals surface area contributed by atoms with Crippen LogP contribution >= 0.6 is 0 Å². The number of pyridine rings is 2. The van der Waals surface area contributed by atoms with E-state index >= 15 is 0 Å². The van der Waals surface area contributed by atoms with Gasteiger partial charge in [-0.05, 0) is 61.7 Å². The molecule has 1 aliphatic heterocycles. The molecule has 10 heteroatoms. The zero-order valence-corrected chi connectivity index (χ0v) is 25.8. The van der Waals surface area contributed by atoms with E-state index in [0.29, 0.717) is 22.5 Å². The quantitative estimate of drug-likeness (QED) is 0.202. The highest BCUT2D eigenvalue weighted by atomic mass is 32.2. The highest BCUT2D eigenvalue weighted by Gasteiger charge is 2.24. The molecule has 2 aromatic carbocycles.